The Bertz CT molecular complexity index is 850. The van der Waals surface area contributed by atoms with Crippen LogP contribution in [0, 0.1) is 19.8 Å². The molecule has 8 heteroatoms. The topological polar surface area (TPSA) is 75.5 Å². The fraction of sp³-hybridized carbons (Fsp3) is 0.810. The monoisotopic (exact) mass is 422 g/mol. The van der Waals surface area contributed by atoms with Gasteiger partial charge >= 0.3 is 0 Å². The van der Waals surface area contributed by atoms with Crippen molar-refractivity contribution in [2.45, 2.75) is 64.8 Å². The number of hydrogen-bond donors (Lipinski definition) is 0. The molecule has 2 saturated heterocycles. The zero-order valence-electron chi connectivity index (χ0n) is 17.8. The number of rotatable bonds is 5. The van der Waals surface area contributed by atoms with Crippen molar-refractivity contribution < 1.29 is 13.2 Å². The summed E-state index contributed by atoms with van der Waals surface area (Å²) in [5.74, 6) is 1.51. The molecule has 1 aliphatic carbocycles. The number of aryl methyl sites for hydroxylation is 1. The molecule has 29 heavy (non-hydrogen) atoms. The molecule has 3 heterocycles. The summed E-state index contributed by atoms with van der Waals surface area (Å²) in [4.78, 5) is 16.9. The first-order valence-corrected chi connectivity index (χ1v) is 12.9. The molecule has 1 saturated carbocycles. The predicted molar refractivity (Wildman–Crippen MR) is 114 cm³/mol. The molecule has 0 radical (unpaired) electrons. The molecule has 1 amide bonds. The highest BCUT2D eigenvalue weighted by Gasteiger charge is 2.33. The Morgan fingerprint density at radius 3 is 2.38 bits per heavy atom. The highest BCUT2D eigenvalue weighted by molar-refractivity contribution is 7.91. The van der Waals surface area contributed by atoms with Gasteiger partial charge in [-0.15, -0.1) is 0 Å². The second-order valence-corrected chi connectivity index (χ2v) is 11.3. The lowest BCUT2D eigenvalue weighted by molar-refractivity contribution is -0.131. The average molecular weight is 423 g/mol. The smallest absolute Gasteiger partial charge is 0.222 e. The van der Waals surface area contributed by atoms with E-state index < -0.39 is 9.84 Å². The van der Waals surface area contributed by atoms with Crippen molar-refractivity contribution >= 4 is 21.4 Å². The Balaban J connectivity index is 1.35. The maximum atomic E-state index is 12.6. The Kier molecular flexibility index (Phi) is 5.91. The first kappa shape index (κ1) is 20.7. The van der Waals surface area contributed by atoms with Gasteiger partial charge in [0.05, 0.1) is 34.6 Å². The predicted octanol–water partition coefficient (Wildman–Crippen LogP) is 2.48. The number of anilines is 1. The van der Waals surface area contributed by atoms with Crippen LogP contribution in [0.25, 0.3) is 0 Å². The summed E-state index contributed by atoms with van der Waals surface area (Å²) in [6.07, 6.45) is 7.64. The highest BCUT2D eigenvalue weighted by atomic mass is 32.2. The van der Waals surface area contributed by atoms with Gasteiger partial charge in [0.25, 0.3) is 0 Å². The first-order chi connectivity index (χ1) is 13.8. The van der Waals surface area contributed by atoms with Gasteiger partial charge in [0, 0.05) is 32.6 Å². The van der Waals surface area contributed by atoms with Gasteiger partial charge in [0.1, 0.15) is 0 Å². The van der Waals surface area contributed by atoms with Crippen molar-refractivity contribution in [3.05, 3.63) is 11.4 Å². The van der Waals surface area contributed by atoms with Crippen molar-refractivity contribution in [3.8, 4) is 0 Å². The number of carbonyl (C=O) groups excluding carboxylic acids is 1. The summed E-state index contributed by atoms with van der Waals surface area (Å²) in [5, 5.41) is 4.69. The summed E-state index contributed by atoms with van der Waals surface area (Å²) < 4.78 is 25.7. The summed E-state index contributed by atoms with van der Waals surface area (Å²) in [5.41, 5.74) is 3.12. The molecule has 0 spiro atoms. The molecule has 0 N–H and O–H groups in total. The second-order valence-electron chi connectivity index (χ2n) is 9.08. The molecule has 1 aromatic heterocycles. The van der Waals surface area contributed by atoms with E-state index in [2.05, 4.69) is 4.90 Å². The van der Waals surface area contributed by atoms with Gasteiger partial charge in [0.2, 0.25) is 5.91 Å². The van der Waals surface area contributed by atoms with Crippen LogP contribution >= 0.6 is 0 Å². The Labute approximate surface area is 174 Å². The summed E-state index contributed by atoms with van der Waals surface area (Å²) in [6.45, 7) is 7.18. The molecule has 7 nitrogen and oxygen atoms in total. The molecule has 0 aromatic carbocycles. The Hall–Kier alpha value is -1.57. The zero-order valence-corrected chi connectivity index (χ0v) is 18.6. The number of sulfone groups is 1. The van der Waals surface area contributed by atoms with Crippen molar-refractivity contribution in [2.75, 3.05) is 42.6 Å². The number of hydrogen-bond acceptors (Lipinski definition) is 5. The van der Waals surface area contributed by atoms with Crippen molar-refractivity contribution in [2.24, 2.45) is 5.92 Å². The van der Waals surface area contributed by atoms with Gasteiger partial charge in [-0.2, -0.15) is 5.10 Å². The van der Waals surface area contributed by atoms with Gasteiger partial charge in [0.15, 0.2) is 9.84 Å². The van der Waals surface area contributed by atoms with E-state index in [1.54, 1.807) is 0 Å². The molecule has 2 aliphatic heterocycles. The maximum Gasteiger partial charge on any atom is 0.222 e. The van der Waals surface area contributed by atoms with Crippen LogP contribution in [0.2, 0.25) is 0 Å². The van der Waals surface area contributed by atoms with Crippen molar-refractivity contribution in [3.63, 3.8) is 0 Å². The first-order valence-electron chi connectivity index (χ1n) is 11.1. The van der Waals surface area contributed by atoms with Crippen molar-refractivity contribution in [1.29, 1.82) is 0 Å². The van der Waals surface area contributed by atoms with Gasteiger partial charge in [-0.25, -0.2) is 8.42 Å². The summed E-state index contributed by atoms with van der Waals surface area (Å²) in [7, 11) is -2.94. The van der Waals surface area contributed by atoms with E-state index >= 15 is 0 Å². The molecule has 3 aliphatic rings. The van der Waals surface area contributed by atoms with Gasteiger partial charge in [-0.1, -0.05) is 25.7 Å². The molecular formula is C21H34N4O3S. The maximum absolute atomic E-state index is 12.6. The molecule has 1 unspecified atom stereocenters. The molecule has 3 fully saturated rings. The number of nitrogens with zero attached hydrogens (tertiary/aromatic N) is 4. The SMILES string of the molecule is Cc1nn(C2CCS(=O)(=O)C2)c(C)c1N1CCN(C(=O)CCC2CCCC2)CC1. The van der Waals surface area contributed by atoms with Crippen LogP contribution in [0.1, 0.15) is 62.4 Å². The number of amides is 1. The van der Waals surface area contributed by atoms with E-state index in [9.17, 15) is 13.2 Å². The Morgan fingerprint density at radius 1 is 1.07 bits per heavy atom. The quantitative estimate of drug-likeness (QED) is 0.729. The number of aromatic nitrogens is 2. The van der Waals surface area contributed by atoms with E-state index in [0.717, 1.165) is 55.6 Å². The fourth-order valence-corrected chi connectivity index (χ4v) is 7.09. The van der Waals surface area contributed by atoms with Crippen LogP contribution in [0.3, 0.4) is 0 Å². The van der Waals surface area contributed by atoms with E-state index in [1.807, 2.05) is 23.4 Å². The molecule has 1 atom stereocenters. The molecule has 1 aromatic rings. The lowest BCUT2D eigenvalue weighted by atomic mass is 10.0. The van der Waals surface area contributed by atoms with E-state index in [0.29, 0.717) is 18.7 Å². The highest BCUT2D eigenvalue weighted by Crippen LogP contribution is 2.32. The largest absolute Gasteiger partial charge is 0.365 e. The lowest BCUT2D eigenvalue weighted by Gasteiger charge is -2.36. The Morgan fingerprint density at radius 2 is 1.76 bits per heavy atom. The molecule has 4 rings (SSSR count). The van der Waals surface area contributed by atoms with Gasteiger partial charge in [-0.05, 0) is 32.6 Å². The second kappa shape index (κ2) is 8.28. The molecule has 162 valence electrons. The average Bonchev–Trinajstić information content (AvgIpc) is 3.40. The fourth-order valence-electron chi connectivity index (χ4n) is 5.40. The van der Waals surface area contributed by atoms with Gasteiger partial charge in [-0.3, -0.25) is 9.48 Å². The summed E-state index contributed by atoms with van der Waals surface area (Å²) in [6, 6.07) is -0.0501. The normalized spacial score (nSPS) is 25.1. The van der Waals surface area contributed by atoms with Crippen molar-refractivity contribution in [1.82, 2.24) is 14.7 Å². The minimum absolute atomic E-state index is 0.0501. The molecule has 0 bridgehead atoms. The summed E-state index contributed by atoms with van der Waals surface area (Å²) >= 11 is 0. The van der Waals surface area contributed by atoms with Crippen LogP contribution in [-0.2, 0) is 14.6 Å². The molecular weight excluding hydrogens is 388 g/mol. The van der Waals surface area contributed by atoms with Crippen LogP contribution in [0.5, 0.6) is 0 Å². The zero-order chi connectivity index (χ0) is 20.6. The van der Waals surface area contributed by atoms with E-state index in [1.165, 1.54) is 25.7 Å². The lowest BCUT2D eigenvalue weighted by Crippen LogP contribution is -2.49. The van der Waals surface area contributed by atoms with Crippen LogP contribution in [0.15, 0.2) is 0 Å². The minimum Gasteiger partial charge on any atom is -0.365 e. The third-order valence-electron chi connectivity index (χ3n) is 7.03. The number of piperazine rings is 1. The van der Waals surface area contributed by atoms with E-state index in [-0.39, 0.29) is 17.5 Å². The third-order valence-corrected chi connectivity index (χ3v) is 8.78. The standard InChI is InChI=1S/C21H34N4O3S/c1-16-21(17(2)25(22-16)19-9-14-29(27,28)15-19)24-12-10-23(11-13-24)20(26)8-7-18-5-3-4-6-18/h18-19H,3-15H2,1-2H3. The van der Waals surface area contributed by atoms with Gasteiger partial charge < -0.3 is 9.80 Å². The van der Waals surface area contributed by atoms with Crippen LogP contribution in [-0.4, -0.2) is 66.7 Å². The van der Waals surface area contributed by atoms with Crippen LogP contribution in [0.4, 0.5) is 5.69 Å². The van der Waals surface area contributed by atoms with Crippen LogP contribution < -0.4 is 4.90 Å². The van der Waals surface area contributed by atoms with E-state index in [4.69, 9.17) is 5.10 Å². The minimum atomic E-state index is -2.94. The number of carbonyl (C=O) groups is 1. The third kappa shape index (κ3) is 4.47.